The van der Waals surface area contributed by atoms with Gasteiger partial charge in [0.2, 0.25) is 0 Å². The molecule has 5 unspecified atom stereocenters. The quantitative estimate of drug-likeness (QED) is 0.619. The number of ether oxygens (including phenoxy) is 4. The van der Waals surface area contributed by atoms with Crippen molar-refractivity contribution in [3.8, 4) is 11.5 Å². The SMILES string of the molecule is C/C=C1/CN2C3C[C@@]45c6cc(OC)c(OC)cc6NC4(O3)C2CC1C5C(=O)OC. The number of methoxy groups -OCH3 is 3. The Bertz CT molecular complexity index is 961. The lowest BCUT2D eigenvalue weighted by molar-refractivity contribution is -0.161. The first kappa shape index (κ1) is 17.6. The standard InChI is InChI=1S/C22H26N2O5/c1-5-11-10-24-17-6-12(11)19(20(25)28-4)21-9-18(24)29-22(17,21)23-14-8-16(27-3)15(26-2)7-13(14)21/h5,7-8,12,17-19,23H,6,9-10H2,1-4H3/b11-5-/t12?,17?,18?,19?,21-,22?/m0/s1. The highest BCUT2D eigenvalue weighted by Gasteiger charge is 2.82. The number of nitrogens with one attached hydrogen (secondary N) is 1. The van der Waals surface area contributed by atoms with Gasteiger partial charge in [0.15, 0.2) is 17.2 Å². The summed E-state index contributed by atoms with van der Waals surface area (Å²) in [6.45, 7) is 2.92. The van der Waals surface area contributed by atoms with Crippen molar-refractivity contribution in [2.45, 2.75) is 43.2 Å². The Labute approximate surface area is 169 Å². The van der Waals surface area contributed by atoms with Crippen LogP contribution in [0.1, 0.15) is 25.3 Å². The number of allylic oxidation sites excluding steroid dienone is 1. The van der Waals surface area contributed by atoms with Crippen molar-refractivity contribution in [1.82, 2.24) is 4.90 Å². The van der Waals surface area contributed by atoms with Crippen molar-refractivity contribution in [2.24, 2.45) is 11.8 Å². The molecule has 6 atom stereocenters. The molecule has 1 aromatic rings. The predicted molar refractivity (Wildman–Crippen MR) is 105 cm³/mol. The Kier molecular flexibility index (Phi) is 3.31. The summed E-state index contributed by atoms with van der Waals surface area (Å²) >= 11 is 0. The third kappa shape index (κ3) is 1.73. The van der Waals surface area contributed by atoms with Crippen LogP contribution in [-0.4, -0.2) is 56.7 Å². The van der Waals surface area contributed by atoms with Gasteiger partial charge in [0, 0.05) is 24.7 Å². The average Bonchev–Trinajstić information content (AvgIpc) is 3.33. The minimum absolute atomic E-state index is 0.00268. The molecule has 3 saturated heterocycles. The number of fused-ring (bicyclic) bond motifs is 4. The third-order valence-electron chi connectivity index (χ3n) is 8.12. The summed E-state index contributed by atoms with van der Waals surface area (Å²) in [5, 5.41) is 3.72. The van der Waals surface area contributed by atoms with Crippen molar-refractivity contribution >= 4 is 11.7 Å². The predicted octanol–water partition coefficient (Wildman–Crippen LogP) is 2.26. The highest BCUT2D eigenvalue weighted by molar-refractivity contribution is 5.82. The molecule has 1 N–H and O–H groups in total. The molecule has 1 aliphatic carbocycles. The summed E-state index contributed by atoms with van der Waals surface area (Å²) in [6.07, 6.45) is 3.84. The topological polar surface area (TPSA) is 69.3 Å². The van der Waals surface area contributed by atoms with Gasteiger partial charge >= 0.3 is 5.97 Å². The normalized spacial score (nSPS) is 41.9. The van der Waals surface area contributed by atoms with E-state index in [1.807, 2.05) is 12.1 Å². The lowest BCUT2D eigenvalue weighted by Gasteiger charge is -2.60. The van der Waals surface area contributed by atoms with Crippen LogP contribution in [0.25, 0.3) is 0 Å². The first-order valence-electron chi connectivity index (χ1n) is 10.3. The number of rotatable bonds is 3. The number of esters is 1. The lowest BCUT2D eigenvalue weighted by atomic mass is 9.49. The Balaban J connectivity index is 1.64. The van der Waals surface area contributed by atoms with Crippen molar-refractivity contribution in [3.05, 3.63) is 29.3 Å². The van der Waals surface area contributed by atoms with Gasteiger partial charge in [-0.2, -0.15) is 0 Å². The number of piperidine rings is 2. The summed E-state index contributed by atoms with van der Waals surface area (Å²) in [5.41, 5.74) is 2.25. The molecule has 29 heavy (non-hydrogen) atoms. The largest absolute Gasteiger partial charge is 0.493 e. The van der Waals surface area contributed by atoms with Crippen LogP contribution in [0.4, 0.5) is 5.69 Å². The molecule has 4 bridgehead atoms. The Morgan fingerprint density at radius 1 is 1.28 bits per heavy atom. The summed E-state index contributed by atoms with van der Waals surface area (Å²) in [7, 11) is 4.77. The summed E-state index contributed by atoms with van der Waals surface area (Å²) in [6, 6.07) is 4.24. The van der Waals surface area contributed by atoms with E-state index >= 15 is 0 Å². The van der Waals surface area contributed by atoms with Gasteiger partial charge in [0.1, 0.15) is 6.23 Å². The van der Waals surface area contributed by atoms with E-state index in [4.69, 9.17) is 18.9 Å². The highest BCUT2D eigenvalue weighted by atomic mass is 16.6. The van der Waals surface area contributed by atoms with E-state index in [9.17, 15) is 4.79 Å². The smallest absolute Gasteiger partial charge is 0.310 e. The molecular weight excluding hydrogens is 372 g/mol. The molecule has 0 amide bonds. The molecule has 6 rings (SSSR count). The minimum Gasteiger partial charge on any atom is -0.493 e. The van der Waals surface area contributed by atoms with Crippen LogP contribution in [-0.2, 0) is 19.7 Å². The number of benzene rings is 1. The number of hydrogen-bond donors (Lipinski definition) is 1. The number of carbonyl (C=O) groups is 1. The molecule has 7 nitrogen and oxygen atoms in total. The molecule has 1 aromatic carbocycles. The van der Waals surface area contributed by atoms with E-state index in [0.29, 0.717) is 11.5 Å². The van der Waals surface area contributed by atoms with Crippen LogP contribution < -0.4 is 14.8 Å². The molecular formula is C22H26N2O5. The number of carbonyl (C=O) groups excluding carboxylic acids is 1. The average molecular weight is 398 g/mol. The van der Waals surface area contributed by atoms with Crippen LogP contribution in [0.5, 0.6) is 11.5 Å². The lowest BCUT2D eigenvalue weighted by Crippen LogP contribution is -2.73. The van der Waals surface area contributed by atoms with Gasteiger partial charge in [0.05, 0.1) is 38.7 Å². The fraction of sp³-hybridized carbons (Fsp3) is 0.591. The molecule has 1 saturated carbocycles. The van der Waals surface area contributed by atoms with E-state index in [0.717, 1.165) is 30.6 Å². The maximum absolute atomic E-state index is 13.3. The fourth-order valence-electron chi connectivity index (χ4n) is 7.12. The first-order chi connectivity index (χ1) is 14.0. The number of anilines is 1. The van der Waals surface area contributed by atoms with Crippen LogP contribution in [0, 0.1) is 11.8 Å². The fourth-order valence-corrected chi connectivity index (χ4v) is 7.12. The van der Waals surface area contributed by atoms with Gasteiger partial charge in [-0.3, -0.25) is 9.69 Å². The van der Waals surface area contributed by atoms with Gasteiger partial charge in [-0.25, -0.2) is 0 Å². The number of nitrogens with zero attached hydrogens (tertiary/aromatic N) is 1. The second-order valence-corrected chi connectivity index (χ2v) is 8.76. The molecule has 7 heteroatoms. The van der Waals surface area contributed by atoms with Crippen LogP contribution >= 0.6 is 0 Å². The molecule has 4 fully saturated rings. The molecule has 1 spiro atoms. The molecule has 4 heterocycles. The zero-order chi connectivity index (χ0) is 20.1. The molecule has 0 aromatic heterocycles. The van der Waals surface area contributed by atoms with Crippen molar-refractivity contribution in [2.75, 3.05) is 33.2 Å². The van der Waals surface area contributed by atoms with Crippen molar-refractivity contribution in [1.29, 1.82) is 0 Å². The van der Waals surface area contributed by atoms with Crippen LogP contribution in [0.15, 0.2) is 23.8 Å². The first-order valence-corrected chi connectivity index (χ1v) is 10.3. The molecule has 0 radical (unpaired) electrons. The molecule has 5 aliphatic rings. The van der Waals surface area contributed by atoms with Gasteiger partial charge in [-0.1, -0.05) is 11.6 Å². The van der Waals surface area contributed by atoms with E-state index in [2.05, 4.69) is 23.2 Å². The Morgan fingerprint density at radius 2 is 2.03 bits per heavy atom. The zero-order valence-corrected chi connectivity index (χ0v) is 17.2. The van der Waals surface area contributed by atoms with Crippen LogP contribution in [0.2, 0.25) is 0 Å². The second kappa shape index (κ2) is 5.46. The third-order valence-corrected chi connectivity index (χ3v) is 8.12. The van der Waals surface area contributed by atoms with E-state index in [-0.39, 0.29) is 30.1 Å². The maximum atomic E-state index is 13.3. The van der Waals surface area contributed by atoms with E-state index in [1.54, 1.807) is 14.2 Å². The van der Waals surface area contributed by atoms with Gasteiger partial charge in [0.25, 0.3) is 0 Å². The second-order valence-electron chi connectivity index (χ2n) is 8.76. The summed E-state index contributed by atoms with van der Waals surface area (Å²) in [4.78, 5) is 15.8. The van der Waals surface area contributed by atoms with Crippen molar-refractivity contribution < 1.29 is 23.7 Å². The summed E-state index contributed by atoms with van der Waals surface area (Å²) < 4.78 is 23.3. The van der Waals surface area contributed by atoms with Gasteiger partial charge in [-0.05, 0) is 30.9 Å². The molecule has 154 valence electrons. The van der Waals surface area contributed by atoms with Gasteiger partial charge in [-0.15, -0.1) is 0 Å². The molecule has 4 aliphatic heterocycles. The van der Waals surface area contributed by atoms with Crippen LogP contribution in [0.3, 0.4) is 0 Å². The maximum Gasteiger partial charge on any atom is 0.310 e. The highest BCUT2D eigenvalue weighted by Crippen LogP contribution is 2.72. The summed E-state index contributed by atoms with van der Waals surface area (Å²) in [5.74, 6) is 1.05. The van der Waals surface area contributed by atoms with E-state index < -0.39 is 11.1 Å². The minimum atomic E-state index is -0.619. The Morgan fingerprint density at radius 3 is 2.72 bits per heavy atom. The van der Waals surface area contributed by atoms with E-state index in [1.165, 1.54) is 12.7 Å². The van der Waals surface area contributed by atoms with Crippen molar-refractivity contribution in [3.63, 3.8) is 0 Å². The van der Waals surface area contributed by atoms with Gasteiger partial charge < -0.3 is 24.3 Å². The number of hydrogen-bond acceptors (Lipinski definition) is 7. The Hall–Kier alpha value is -2.25. The zero-order valence-electron chi connectivity index (χ0n) is 17.2. The monoisotopic (exact) mass is 398 g/mol.